The average molecular weight is 281 g/mol. The van der Waals surface area contributed by atoms with Gasteiger partial charge in [0.05, 0.1) is 24.7 Å². The number of hydrogen-bond acceptors (Lipinski definition) is 5. The molecule has 0 aliphatic heterocycles. The Morgan fingerprint density at radius 3 is 2.55 bits per heavy atom. The van der Waals surface area contributed by atoms with E-state index in [1.807, 2.05) is 13.8 Å². The van der Waals surface area contributed by atoms with Crippen LogP contribution in [0.1, 0.15) is 37.0 Å². The summed E-state index contributed by atoms with van der Waals surface area (Å²) >= 11 is 0. The lowest BCUT2D eigenvalue weighted by molar-refractivity contribution is -0.384. The van der Waals surface area contributed by atoms with E-state index >= 15 is 0 Å². The van der Waals surface area contributed by atoms with Crippen molar-refractivity contribution in [3.05, 3.63) is 33.9 Å². The van der Waals surface area contributed by atoms with Gasteiger partial charge in [-0.05, 0) is 24.8 Å². The molecule has 110 valence electrons. The molecule has 1 aliphatic carbocycles. The van der Waals surface area contributed by atoms with Gasteiger partial charge in [-0.1, -0.05) is 13.8 Å². The average Bonchev–Trinajstić information content (AvgIpc) is 3.30. The number of nitro benzene ring substituents is 1. The summed E-state index contributed by atoms with van der Waals surface area (Å²) in [5.41, 5.74) is 0.109. The second kappa shape index (κ2) is 7.47. The molecular formula is C14H19NO5. The minimum atomic E-state index is -0.560. The fourth-order valence-corrected chi connectivity index (χ4v) is 1.51. The standard InChI is InChI=1S/C12H13NO5.C2H6/c1-17-12(14)10-5-4-9(13(15)16)6-11(10)18-7-8-2-3-8;1-2/h4-6,8H,2-3,7H2,1H3;1-2H3. The van der Waals surface area contributed by atoms with E-state index in [2.05, 4.69) is 4.74 Å². The molecule has 6 nitrogen and oxygen atoms in total. The predicted octanol–water partition coefficient (Wildman–Crippen LogP) is 3.20. The summed E-state index contributed by atoms with van der Waals surface area (Å²) in [6.07, 6.45) is 2.20. The number of nitro groups is 1. The molecule has 0 N–H and O–H groups in total. The van der Waals surface area contributed by atoms with Gasteiger partial charge in [0.2, 0.25) is 0 Å². The van der Waals surface area contributed by atoms with E-state index in [-0.39, 0.29) is 17.0 Å². The third-order valence-corrected chi connectivity index (χ3v) is 2.75. The van der Waals surface area contributed by atoms with Crippen LogP contribution >= 0.6 is 0 Å². The van der Waals surface area contributed by atoms with E-state index in [1.165, 1.54) is 25.3 Å². The molecule has 0 radical (unpaired) electrons. The Morgan fingerprint density at radius 1 is 1.40 bits per heavy atom. The summed E-state index contributed by atoms with van der Waals surface area (Å²) in [4.78, 5) is 21.7. The van der Waals surface area contributed by atoms with Crippen LogP contribution in [0.15, 0.2) is 18.2 Å². The summed E-state index contributed by atoms with van der Waals surface area (Å²) in [5.74, 6) is 0.147. The van der Waals surface area contributed by atoms with Crippen LogP contribution in [-0.2, 0) is 4.74 Å². The highest BCUT2D eigenvalue weighted by Crippen LogP contribution is 2.31. The van der Waals surface area contributed by atoms with Crippen LogP contribution in [-0.4, -0.2) is 24.6 Å². The Bertz CT molecular complexity index is 482. The van der Waals surface area contributed by atoms with Crippen LogP contribution in [0.3, 0.4) is 0 Å². The summed E-state index contributed by atoms with van der Waals surface area (Å²) in [5, 5.41) is 10.7. The van der Waals surface area contributed by atoms with Gasteiger partial charge in [-0.3, -0.25) is 10.1 Å². The third-order valence-electron chi connectivity index (χ3n) is 2.75. The van der Waals surface area contributed by atoms with Gasteiger partial charge in [0.25, 0.3) is 5.69 Å². The van der Waals surface area contributed by atoms with Crippen molar-refractivity contribution in [2.45, 2.75) is 26.7 Å². The van der Waals surface area contributed by atoms with Gasteiger partial charge in [0.1, 0.15) is 11.3 Å². The van der Waals surface area contributed by atoms with Crippen molar-refractivity contribution < 1.29 is 19.2 Å². The van der Waals surface area contributed by atoms with Crippen molar-refractivity contribution in [1.82, 2.24) is 0 Å². The van der Waals surface area contributed by atoms with Gasteiger partial charge in [-0.25, -0.2) is 4.79 Å². The molecule has 0 spiro atoms. The summed E-state index contributed by atoms with van der Waals surface area (Å²) in [6, 6.07) is 3.87. The van der Waals surface area contributed by atoms with Crippen LogP contribution in [0, 0.1) is 16.0 Å². The molecule has 0 atom stereocenters. The van der Waals surface area contributed by atoms with Gasteiger partial charge in [-0.15, -0.1) is 0 Å². The molecule has 0 heterocycles. The molecule has 1 aromatic carbocycles. The van der Waals surface area contributed by atoms with Gasteiger partial charge >= 0.3 is 5.97 Å². The van der Waals surface area contributed by atoms with Crippen molar-refractivity contribution in [3.63, 3.8) is 0 Å². The van der Waals surface area contributed by atoms with E-state index in [0.717, 1.165) is 12.8 Å². The first-order chi connectivity index (χ1) is 9.61. The lowest BCUT2D eigenvalue weighted by atomic mass is 10.2. The molecule has 0 amide bonds. The number of nitrogens with zero attached hydrogens (tertiary/aromatic N) is 1. The topological polar surface area (TPSA) is 78.7 Å². The lowest BCUT2D eigenvalue weighted by Crippen LogP contribution is -2.08. The molecular weight excluding hydrogens is 262 g/mol. The van der Waals surface area contributed by atoms with Gasteiger partial charge in [0.15, 0.2) is 0 Å². The summed E-state index contributed by atoms with van der Waals surface area (Å²) < 4.78 is 10.1. The highest BCUT2D eigenvalue weighted by molar-refractivity contribution is 5.92. The largest absolute Gasteiger partial charge is 0.492 e. The Kier molecular flexibility index (Phi) is 5.96. The van der Waals surface area contributed by atoms with E-state index in [9.17, 15) is 14.9 Å². The lowest BCUT2D eigenvalue weighted by Gasteiger charge is -2.09. The highest BCUT2D eigenvalue weighted by atomic mass is 16.6. The molecule has 0 saturated heterocycles. The number of non-ortho nitro benzene ring substituents is 1. The maximum Gasteiger partial charge on any atom is 0.341 e. The summed E-state index contributed by atoms with van der Waals surface area (Å²) in [6.45, 7) is 4.48. The van der Waals surface area contributed by atoms with Crippen molar-refractivity contribution in [2.75, 3.05) is 13.7 Å². The molecule has 0 unspecified atom stereocenters. The van der Waals surface area contributed by atoms with Gasteiger partial charge < -0.3 is 9.47 Å². The second-order valence-corrected chi connectivity index (χ2v) is 4.18. The third kappa shape index (κ3) is 4.22. The zero-order valence-corrected chi connectivity index (χ0v) is 11.9. The normalized spacial score (nSPS) is 12.9. The smallest absolute Gasteiger partial charge is 0.341 e. The number of ether oxygens (including phenoxy) is 2. The first-order valence-electron chi connectivity index (χ1n) is 6.61. The monoisotopic (exact) mass is 281 g/mol. The van der Waals surface area contributed by atoms with Crippen molar-refractivity contribution in [1.29, 1.82) is 0 Å². The Morgan fingerprint density at radius 2 is 2.05 bits per heavy atom. The SMILES string of the molecule is CC.COC(=O)c1ccc([N+](=O)[O-])cc1OCC1CC1. The van der Waals surface area contributed by atoms with Crippen LogP contribution in [0.25, 0.3) is 0 Å². The minimum absolute atomic E-state index is 0.103. The molecule has 1 aliphatic rings. The minimum Gasteiger partial charge on any atom is -0.492 e. The molecule has 0 bridgehead atoms. The van der Waals surface area contributed by atoms with Crippen molar-refractivity contribution in [2.24, 2.45) is 5.92 Å². The van der Waals surface area contributed by atoms with E-state index in [0.29, 0.717) is 12.5 Å². The Balaban J connectivity index is 0.000000956. The predicted molar refractivity (Wildman–Crippen MR) is 74.0 cm³/mol. The van der Waals surface area contributed by atoms with Crippen molar-refractivity contribution in [3.8, 4) is 5.75 Å². The van der Waals surface area contributed by atoms with E-state index in [1.54, 1.807) is 0 Å². The second-order valence-electron chi connectivity index (χ2n) is 4.18. The summed E-state index contributed by atoms with van der Waals surface area (Å²) in [7, 11) is 1.26. The molecule has 6 heteroatoms. The molecule has 0 aromatic heterocycles. The number of benzene rings is 1. The number of carbonyl (C=O) groups is 1. The molecule has 1 aromatic rings. The van der Waals surface area contributed by atoms with Crippen LogP contribution < -0.4 is 4.74 Å². The number of hydrogen-bond donors (Lipinski definition) is 0. The number of esters is 1. The molecule has 1 saturated carbocycles. The number of rotatable bonds is 5. The number of carbonyl (C=O) groups excluding carboxylic acids is 1. The van der Waals surface area contributed by atoms with Crippen LogP contribution in [0.2, 0.25) is 0 Å². The Labute approximate surface area is 117 Å². The van der Waals surface area contributed by atoms with E-state index in [4.69, 9.17) is 4.74 Å². The maximum atomic E-state index is 11.5. The maximum absolute atomic E-state index is 11.5. The fraction of sp³-hybridized carbons (Fsp3) is 0.500. The molecule has 1 fully saturated rings. The zero-order chi connectivity index (χ0) is 15.1. The first-order valence-corrected chi connectivity index (χ1v) is 6.61. The first kappa shape index (κ1) is 15.9. The van der Waals surface area contributed by atoms with Crippen molar-refractivity contribution >= 4 is 11.7 Å². The quantitative estimate of drug-likeness (QED) is 0.470. The van der Waals surface area contributed by atoms with Crippen LogP contribution in [0.5, 0.6) is 5.75 Å². The Hall–Kier alpha value is -2.11. The number of methoxy groups -OCH3 is 1. The molecule has 20 heavy (non-hydrogen) atoms. The highest BCUT2D eigenvalue weighted by Gasteiger charge is 2.24. The van der Waals surface area contributed by atoms with Crippen LogP contribution in [0.4, 0.5) is 5.69 Å². The van der Waals surface area contributed by atoms with E-state index < -0.39 is 10.9 Å². The van der Waals surface area contributed by atoms with Gasteiger partial charge in [0, 0.05) is 6.07 Å². The zero-order valence-electron chi connectivity index (χ0n) is 11.9. The van der Waals surface area contributed by atoms with Gasteiger partial charge in [-0.2, -0.15) is 0 Å². The molecule has 2 rings (SSSR count). The fourth-order valence-electron chi connectivity index (χ4n) is 1.51.